The molecular weight excluding hydrogens is 468 g/mol. The molecule has 1 aromatic heterocycles. The molecule has 35 heavy (non-hydrogen) atoms. The number of aromatic nitrogens is 1. The van der Waals surface area contributed by atoms with Crippen LogP contribution in [0.15, 0.2) is 53.8 Å². The molecule has 8 nitrogen and oxygen atoms in total. The predicted molar refractivity (Wildman–Crippen MR) is 133 cm³/mol. The number of thiazole rings is 1. The van der Waals surface area contributed by atoms with E-state index in [4.69, 9.17) is 14.2 Å². The first-order chi connectivity index (χ1) is 16.8. The number of hydrogen-bond acceptors (Lipinski definition) is 8. The number of rotatable bonds is 8. The summed E-state index contributed by atoms with van der Waals surface area (Å²) >= 11 is 1.23. The molecule has 0 fully saturated rings. The number of ether oxygens (including phenoxy) is 3. The molecule has 1 atom stereocenters. The van der Waals surface area contributed by atoms with Crippen LogP contribution in [0, 0.1) is 13.8 Å². The van der Waals surface area contributed by atoms with Gasteiger partial charge in [0.15, 0.2) is 17.3 Å². The molecule has 0 bridgehead atoms. The van der Waals surface area contributed by atoms with Crippen LogP contribution in [0.5, 0.6) is 17.2 Å². The molecule has 1 unspecified atom stereocenters. The minimum absolute atomic E-state index is 0.0112. The van der Waals surface area contributed by atoms with E-state index in [2.05, 4.69) is 4.98 Å². The van der Waals surface area contributed by atoms with Gasteiger partial charge in [0.25, 0.3) is 5.91 Å². The largest absolute Gasteiger partial charge is 0.503 e. The average molecular weight is 495 g/mol. The van der Waals surface area contributed by atoms with Gasteiger partial charge in [0.05, 0.1) is 48.0 Å². The fraction of sp³-hybridized carbons (Fsp3) is 0.269. The molecule has 1 N–H and O–H groups in total. The van der Waals surface area contributed by atoms with E-state index in [1.807, 2.05) is 6.92 Å². The third-order valence-electron chi connectivity index (χ3n) is 5.71. The first-order valence-electron chi connectivity index (χ1n) is 11.0. The normalized spacial score (nSPS) is 15.5. The molecule has 1 aliphatic heterocycles. The van der Waals surface area contributed by atoms with Gasteiger partial charge in [-0.1, -0.05) is 6.07 Å². The van der Waals surface area contributed by atoms with Crippen LogP contribution in [0.25, 0.3) is 0 Å². The maximum atomic E-state index is 13.7. The Hall–Kier alpha value is -3.85. The molecule has 9 heteroatoms. The van der Waals surface area contributed by atoms with Crippen molar-refractivity contribution >= 4 is 28.7 Å². The summed E-state index contributed by atoms with van der Waals surface area (Å²) in [7, 11) is 3.03. The van der Waals surface area contributed by atoms with Crippen molar-refractivity contribution in [2.45, 2.75) is 26.8 Å². The third kappa shape index (κ3) is 4.35. The zero-order valence-electron chi connectivity index (χ0n) is 20.1. The number of anilines is 1. The van der Waals surface area contributed by atoms with E-state index in [0.29, 0.717) is 45.7 Å². The van der Waals surface area contributed by atoms with Crippen LogP contribution >= 0.6 is 11.3 Å². The van der Waals surface area contributed by atoms with E-state index in [1.54, 1.807) is 56.3 Å². The van der Waals surface area contributed by atoms with E-state index in [0.717, 1.165) is 5.01 Å². The maximum Gasteiger partial charge on any atom is 0.294 e. The Morgan fingerprint density at radius 2 is 1.77 bits per heavy atom. The number of nitrogens with zero attached hydrogens (tertiary/aromatic N) is 2. The van der Waals surface area contributed by atoms with Gasteiger partial charge in [-0.25, -0.2) is 4.98 Å². The van der Waals surface area contributed by atoms with E-state index in [1.165, 1.54) is 30.5 Å². The quantitative estimate of drug-likeness (QED) is 0.442. The van der Waals surface area contributed by atoms with E-state index in [9.17, 15) is 14.7 Å². The van der Waals surface area contributed by atoms with Gasteiger partial charge in [-0.3, -0.25) is 14.5 Å². The summed E-state index contributed by atoms with van der Waals surface area (Å²) in [4.78, 5) is 33.2. The van der Waals surface area contributed by atoms with Gasteiger partial charge in [-0.15, -0.1) is 11.3 Å². The molecule has 0 saturated carbocycles. The fourth-order valence-electron chi connectivity index (χ4n) is 4.18. The number of ketones is 1. The highest BCUT2D eigenvalue weighted by Gasteiger charge is 2.45. The number of carbonyl (C=O) groups excluding carboxylic acids is 2. The van der Waals surface area contributed by atoms with Crippen molar-refractivity contribution in [1.82, 2.24) is 4.98 Å². The molecule has 0 aliphatic carbocycles. The minimum atomic E-state index is -0.894. The number of aliphatic hydroxyl groups is 1. The van der Waals surface area contributed by atoms with Crippen molar-refractivity contribution in [3.63, 3.8) is 0 Å². The number of aliphatic hydroxyl groups excluding tert-OH is 1. The maximum absolute atomic E-state index is 13.7. The molecule has 0 radical (unpaired) electrons. The SMILES string of the molecule is CCOc1ccc(N2C(=O)C(O)=C(C(=O)c3sc(C)nc3C)C2c2ccc(OC)c(OC)c2)cc1. The smallest absolute Gasteiger partial charge is 0.294 e. The highest BCUT2D eigenvalue weighted by molar-refractivity contribution is 7.14. The second-order valence-electron chi connectivity index (χ2n) is 7.86. The van der Waals surface area contributed by atoms with Gasteiger partial charge in [0, 0.05) is 5.69 Å². The minimum Gasteiger partial charge on any atom is -0.503 e. The van der Waals surface area contributed by atoms with Gasteiger partial charge < -0.3 is 19.3 Å². The van der Waals surface area contributed by atoms with Crippen LogP contribution in [0.2, 0.25) is 0 Å². The van der Waals surface area contributed by atoms with E-state index < -0.39 is 23.5 Å². The number of benzene rings is 2. The summed E-state index contributed by atoms with van der Waals surface area (Å²) in [6, 6.07) is 11.2. The second-order valence-corrected chi connectivity index (χ2v) is 9.06. The summed E-state index contributed by atoms with van der Waals surface area (Å²) < 4.78 is 16.3. The van der Waals surface area contributed by atoms with Gasteiger partial charge >= 0.3 is 0 Å². The lowest BCUT2D eigenvalue weighted by atomic mass is 9.94. The Balaban J connectivity index is 1.88. The molecule has 0 saturated heterocycles. The molecule has 2 heterocycles. The van der Waals surface area contributed by atoms with E-state index >= 15 is 0 Å². The van der Waals surface area contributed by atoms with Crippen LogP contribution in [0.1, 0.15) is 38.9 Å². The van der Waals surface area contributed by atoms with Crippen LogP contribution in [-0.4, -0.2) is 42.6 Å². The van der Waals surface area contributed by atoms with Crippen molar-refractivity contribution < 1.29 is 28.9 Å². The Labute approximate surface area is 207 Å². The predicted octanol–water partition coefficient (Wildman–Crippen LogP) is 4.96. The van der Waals surface area contributed by atoms with Crippen LogP contribution < -0.4 is 19.1 Å². The first-order valence-corrected chi connectivity index (χ1v) is 11.8. The van der Waals surface area contributed by atoms with Crippen molar-refractivity contribution in [3.8, 4) is 17.2 Å². The number of aryl methyl sites for hydroxylation is 2. The standard InChI is InChI=1S/C26H26N2O6S/c1-6-34-18-10-8-17(9-11-18)28-22(16-7-12-19(32-4)20(13-16)33-5)21(24(30)26(28)31)23(29)25-14(2)27-15(3)35-25/h7-13,22,30H,6H2,1-5H3. The lowest BCUT2D eigenvalue weighted by molar-refractivity contribution is -0.117. The summed E-state index contributed by atoms with van der Waals surface area (Å²) in [6.45, 7) is 5.93. The fourth-order valence-corrected chi connectivity index (χ4v) is 5.05. The second kappa shape index (κ2) is 9.79. The molecule has 182 valence electrons. The van der Waals surface area contributed by atoms with E-state index in [-0.39, 0.29) is 5.57 Å². The van der Waals surface area contributed by atoms with Crippen LogP contribution in [0.4, 0.5) is 5.69 Å². The summed E-state index contributed by atoms with van der Waals surface area (Å²) in [6.07, 6.45) is 0. The van der Waals surface area contributed by atoms with Gasteiger partial charge in [0.1, 0.15) is 5.75 Å². The Bertz CT molecular complexity index is 1310. The molecular formula is C26H26N2O6S. The zero-order chi connectivity index (χ0) is 25.3. The Morgan fingerprint density at radius 1 is 1.09 bits per heavy atom. The highest BCUT2D eigenvalue weighted by atomic mass is 32.1. The summed E-state index contributed by atoms with van der Waals surface area (Å²) in [5.74, 6) is -0.109. The van der Waals surface area contributed by atoms with Crippen LogP contribution in [-0.2, 0) is 4.79 Å². The molecule has 1 aliphatic rings. The number of amides is 1. The van der Waals surface area contributed by atoms with Gasteiger partial charge in [-0.05, 0) is 62.7 Å². The lowest BCUT2D eigenvalue weighted by Gasteiger charge is -2.27. The Kier molecular flexibility index (Phi) is 6.79. The molecule has 4 rings (SSSR count). The molecule has 3 aromatic rings. The topological polar surface area (TPSA) is 98.2 Å². The number of Topliss-reactive ketones (excluding diaryl/α,β-unsaturated/α-hetero) is 1. The van der Waals surface area contributed by atoms with Crippen molar-refractivity contribution in [2.24, 2.45) is 0 Å². The molecule has 0 spiro atoms. The molecule has 1 amide bonds. The number of methoxy groups -OCH3 is 2. The third-order valence-corrected chi connectivity index (χ3v) is 6.78. The van der Waals surface area contributed by atoms with Gasteiger partial charge in [0.2, 0.25) is 5.78 Å². The van der Waals surface area contributed by atoms with Gasteiger partial charge in [-0.2, -0.15) is 0 Å². The molecule has 2 aromatic carbocycles. The summed E-state index contributed by atoms with van der Waals surface area (Å²) in [5, 5.41) is 11.7. The van der Waals surface area contributed by atoms with Crippen LogP contribution in [0.3, 0.4) is 0 Å². The highest BCUT2D eigenvalue weighted by Crippen LogP contribution is 2.44. The monoisotopic (exact) mass is 494 g/mol. The van der Waals surface area contributed by atoms with Crippen molar-refractivity contribution in [1.29, 1.82) is 0 Å². The Morgan fingerprint density at radius 3 is 2.34 bits per heavy atom. The first kappa shape index (κ1) is 24.3. The summed E-state index contributed by atoms with van der Waals surface area (Å²) in [5.41, 5.74) is 1.62. The average Bonchev–Trinajstić information content (AvgIpc) is 3.33. The number of carbonyl (C=O) groups is 2. The zero-order valence-corrected chi connectivity index (χ0v) is 20.9. The van der Waals surface area contributed by atoms with Crippen molar-refractivity contribution in [2.75, 3.05) is 25.7 Å². The number of hydrogen-bond donors (Lipinski definition) is 1. The lowest BCUT2D eigenvalue weighted by Crippen LogP contribution is -2.31. The van der Waals surface area contributed by atoms with Crippen molar-refractivity contribution in [3.05, 3.63) is 74.9 Å².